The van der Waals surface area contributed by atoms with Gasteiger partial charge in [-0.3, -0.25) is 0 Å². The monoisotopic (exact) mass is 231 g/mol. The normalized spacial score (nSPS) is 26.6. The van der Waals surface area contributed by atoms with Gasteiger partial charge in [0, 0.05) is 13.2 Å². The summed E-state index contributed by atoms with van der Waals surface area (Å²) in [6, 6.07) is 0. The van der Waals surface area contributed by atoms with Crippen LogP contribution in [0.4, 0.5) is 0 Å². The predicted molar refractivity (Wildman–Crippen MR) is 73.9 cm³/mol. The molecule has 1 N–H and O–H groups in total. The van der Waals surface area contributed by atoms with Gasteiger partial charge in [-0.15, -0.1) is 0 Å². The molecule has 2 rings (SSSR count). The van der Waals surface area contributed by atoms with Crippen LogP contribution in [0.3, 0.4) is 0 Å². The summed E-state index contributed by atoms with van der Waals surface area (Å²) in [5, 5.41) is 3.39. The Balaban J connectivity index is 0. The zero-order valence-electron chi connectivity index (χ0n) is 12.3. The average molecular weight is 231 g/mol. The molecular weight excluding hydrogens is 198 g/mol. The van der Waals surface area contributed by atoms with Gasteiger partial charge < -0.3 is 10.1 Å². The molecular formula is C14H33NO. The molecule has 2 fully saturated rings. The van der Waals surface area contributed by atoms with Gasteiger partial charge in [-0.2, -0.15) is 0 Å². The fourth-order valence-electron chi connectivity index (χ4n) is 2.00. The van der Waals surface area contributed by atoms with Crippen molar-refractivity contribution in [2.75, 3.05) is 26.3 Å². The lowest BCUT2D eigenvalue weighted by Gasteiger charge is -2.13. The Kier molecular flexibility index (Phi) is 17.1. The van der Waals surface area contributed by atoms with Crippen LogP contribution in [0, 0.1) is 11.8 Å². The van der Waals surface area contributed by atoms with Gasteiger partial charge in [0.25, 0.3) is 0 Å². The number of ether oxygens (including phenoxy) is 1. The molecule has 2 aliphatic rings. The second-order valence-corrected chi connectivity index (χ2v) is 3.38. The maximum absolute atomic E-state index is 5.34. The molecule has 2 atom stereocenters. The quantitative estimate of drug-likeness (QED) is 0.743. The van der Waals surface area contributed by atoms with Crippen LogP contribution in [0.1, 0.15) is 54.4 Å². The van der Waals surface area contributed by atoms with E-state index in [0.29, 0.717) is 0 Å². The number of nitrogens with one attached hydrogen (secondary N) is 1. The molecule has 0 radical (unpaired) electrons. The highest BCUT2D eigenvalue weighted by Gasteiger charge is 2.27. The summed E-state index contributed by atoms with van der Waals surface area (Å²) >= 11 is 0. The summed E-state index contributed by atoms with van der Waals surface area (Å²) in [4.78, 5) is 0. The summed E-state index contributed by atoms with van der Waals surface area (Å²) in [6.07, 6.45) is 2.67. The van der Waals surface area contributed by atoms with E-state index < -0.39 is 0 Å². The molecule has 0 saturated carbocycles. The molecule has 16 heavy (non-hydrogen) atoms. The van der Waals surface area contributed by atoms with Gasteiger partial charge in [0.05, 0.1) is 0 Å². The Labute approximate surface area is 103 Å². The van der Waals surface area contributed by atoms with Gasteiger partial charge in [-0.1, -0.05) is 41.5 Å². The number of hydrogen-bond donors (Lipinski definition) is 1. The minimum atomic E-state index is 0.870. The molecule has 0 spiro atoms. The molecule has 0 aliphatic carbocycles. The first-order valence-corrected chi connectivity index (χ1v) is 7.25. The largest absolute Gasteiger partial charge is 0.381 e. The molecule has 0 aromatic heterocycles. The van der Waals surface area contributed by atoms with Crippen molar-refractivity contribution >= 4 is 0 Å². The van der Waals surface area contributed by atoms with Crippen molar-refractivity contribution in [2.24, 2.45) is 11.8 Å². The maximum Gasteiger partial charge on any atom is 0.0498 e. The van der Waals surface area contributed by atoms with E-state index in [1.165, 1.54) is 25.9 Å². The highest BCUT2D eigenvalue weighted by Crippen LogP contribution is 2.26. The second kappa shape index (κ2) is 14.9. The zero-order valence-corrected chi connectivity index (χ0v) is 12.3. The van der Waals surface area contributed by atoms with E-state index in [1.807, 2.05) is 41.5 Å². The summed E-state index contributed by atoms with van der Waals surface area (Å²) in [7, 11) is 0. The SMILES string of the molecule is C1CC(C2CCOC2)CN1.CC.CC.CC. The van der Waals surface area contributed by atoms with Crippen molar-refractivity contribution in [3.63, 3.8) is 0 Å². The van der Waals surface area contributed by atoms with Gasteiger partial charge in [0.1, 0.15) is 0 Å². The molecule has 2 aliphatic heterocycles. The van der Waals surface area contributed by atoms with Crippen molar-refractivity contribution < 1.29 is 4.74 Å². The van der Waals surface area contributed by atoms with Crippen molar-refractivity contribution in [3.8, 4) is 0 Å². The zero-order chi connectivity index (χ0) is 12.8. The van der Waals surface area contributed by atoms with E-state index in [0.717, 1.165) is 25.0 Å². The molecule has 0 aromatic rings. The Morgan fingerprint density at radius 2 is 1.50 bits per heavy atom. The average Bonchev–Trinajstić information content (AvgIpc) is 3.09. The molecule has 2 saturated heterocycles. The maximum atomic E-state index is 5.34. The summed E-state index contributed by atoms with van der Waals surface area (Å²) in [6.45, 7) is 16.5. The van der Waals surface area contributed by atoms with Gasteiger partial charge in [0.15, 0.2) is 0 Å². The van der Waals surface area contributed by atoms with Gasteiger partial charge in [0.2, 0.25) is 0 Å². The van der Waals surface area contributed by atoms with E-state index in [-0.39, 0.29) is 0 Å². The highest BCUT2D eigenvalue weighted by molar-refractivity contribution is 4.80. The second-order valence-electron chi connectivity index (χ2n) is 3.38. The Hall–Kier alpha value is -0.0800. The lowest BCUT2D eigenvalue weighted by Crippen LogP contribution is -2.17. The van der Waals surface area contributed by atoms with E-state index in [9.17, 15) is 0 Å². The van der Waals surface area contributed by atoms with E-state index in [1.54, 1.807) is 0 Å². The molecule has 0 amide bonds. The number of hydrogen-bond acceptors (Lipinski definition) is 2. The summed E-state index contributed by atoms with van der Waals surface area (Å²) in [5.74, 6) is 1.79. The van der Waals surface area contributed by atoms with E-state index in [4.69, 9.17) is 4.74 Å². The summed E-state index contributed by atoms with van der Waals surface area (Å²) in [5.41, 5.74) is 0. The molecule has 2 unspecified atom stereocenters. The third-order valence-electron chi connectivity index (χ3n) is 2.73. The van der Waals surface area contributed by atoms with Crippen LogP contribution in [-0.4, -0.2) is 26.3 Å². The Morgan fingerprint density at radius 3 is 1.88 bits per heavy atom. The standard InChI is InChI=1S/C8H15NO.3C2H6/c1-3-9-5-7(1)8-2-4-10-6-8;3*1-2/h7-9H,1-6H2;3*1-2H3. The molecule has 2 heteroatoms. The fraction of sp³-hybridized carbons (Fsp3) is 1.00. The van der Waals surface area contributed by atoms with Crippen molar-refractivity contribution in [2.45, 2.75) is 54.4 Å². The van der Waals surface area contributed by atoms with Crippen LogP contribution in [0.25, 0.3) is 0 Å². The fourth-order valence-corrected chi connectivity index (χ4v) is 2.00. The molecule has 100 valence electrons. The molecule has 0 bridgehead atoms. The third-order valence-corrected chi connectivity index (χ3v) is 2.73. The first kappa shape index (κ1) is 18.3. The first-order chi connectivity index (χ1) is 7.97. The molecule has 0 aromatic carbocycles. The van der Waals surface area contributed by atoms with E-state index in [2.05, 4.69) is 5.32 Å². The van der Waals surface area contributed by atoms with E-state index >= 15 is 0 Å². The summed E-state index contributed by atoms with van der Waals surface area (Å²) < 4.78 is 5.34. The third kappa shape index (κ3) is 7.24. The van der Waals surface area contributed by atoms with Crippen LogP contribution in [-0.2, 0) is 4.74 Å². The Bertz CT molecular complexity index is 91.3. The van der Waals surface area contributed by atoms with Crippen LogP contribution < -0.4 is 5.32 Å². The Morgan fingerprint density at radius 1 is 0.875 bits per heavy atom. The van der Waals surface area contributed by atoms with Crippen LogP contribution in [0.2, 0.25) is 0 Å². The minimum Gasteiger partial charge on any atom is -0.381 e. The lowest BCUT2D eigenvalue weighted by atomic mass is 9.91. The number of rotatable bonds is 1. The van der Waals surface area contributed by atoms with Crippen molar-refractivity contribution in [3.05, 3.63) is 0 Å². The first-order valence-electron chi connectivity index (χ1n) is 7.25. The minimum absolute atomic E-state index is 0.870. The smallest absolute Gasteiger partial charge is 0.0498 e. The van der Waals surface area contributed by atoms with Crippen molar-refractivity contribution in [1.29, 1.82) is 0 Å². The van der Waals surface area contributed by atoms with Gasteiger partial charge in [-0.05, 0) is 37.8 Å². The van der Waals surface area contributed by atoms with Crippen molar-refractivity contribution in [1.82, 2.24) is 5.32 Å². The van der Waals surface area contributed by atoms with Crippen LogP contribution in [0.15, 0.2) is 0 Å². The van der Waals surface area contributed by atoms with Gasteiger partial charge in [-0.25, -0.2) is 0 Å². The highest BCUT2D eigenvalue weighted by atomic mass is 16.5. The van der Waals surface area contributed by atoms with Crippen LogP contribution in [0.5, 0.6) is 0 Å². The lowest BCUT2D eigenvalue weighted by molar-refractivity contribution is 0.174. The van der Waals surface area contributed by atoms with Crippen LogP contribution >= 0.6 is 0 Å². The molecule has 2 heterocycles. The topological polar surface area (TPSA) is 21.3 Å². The predicted octanol–water partition coefficient (Wildman–Crippen LogP) is 3.71. The van der Waals surface area contributed by atoms with Gasteiger partial charge >= 0.3 is 0 Å². The molecule has 2 nitrogen and oxygen atoms in total.